The molecule has 1 saturated carbocycles. The topological polar surface area (TPSA) is 194 Å². The Labute approximate surface area is 350 Å². The summed E-state index contributed by atoms with van der Waals surface area (Å²) in [4.78, 5) is 56.9. The van der Waals surface area contributed by atoms with E-state index in [9.17, 15) is 39.6 Å². The average molecular weight is 832 g/mol. The van der Waals surface area contributed by atoms with Gasteiger partial charge in [0.2, 0.25) is 11.7 Å². The number of benzene rings is 4. The summed E-state index contributed by atoms with van der Waals surface area (Å²) in [5.41, 5.74) is 2.60. The molecule has 312 valence electrons. The fourth-order valence-electron chi connectivity index (χ4n) is 9.69. The number of unbranched alkanes of at least 4 members (excludes halogenated alkanes) is 2. The Morgan fingerprint density at radius 2 is 1.38 bits per heavy atom. The monoisotopic (exact) mass is 831 g/mol. The first kappa shape index (κ1) is 42.3. The van der Waals surface area contributed by atoms with Crippen LogP contribution in [0, 0.1) is 11.8 Å². The lowest BCUT2D eigenvalue weighted by Gasteiger charge is -2.50. The summed E-state index contributed by atoms with van der Waals surface area (Å²) in [6.07, 6.45) is 3.42. The Bertz CT molecular complexity index is 2300. The summed E-state index contributed by atoms with van der Waals surface area (Å²) in [5.74, 6) is -7.68. The van der Waals surface area contributed by atoms with Crippen LogP contribution in [-0.4, -0.2) is 94.7 Å². The van der Waals surface area contributed by atoms with E-state index >= 15 is 0 Å². The van der Waals surface area contributed by atoms with Crippen LogP contribution in [0.5, 0.6) is 5.75 Å². The molecule has 3 aliphatic rings. The van der Waals surface area contributed by atoms with E-state index < -0.39 is 71.1 Å². The van der Waals surface area contributed by atoms with E-state index in [-0.39, 0.29) is 42.0 Å². The molecule has 0 heterocycles. The van der Waals surface area contributed by atoms with Crippen LogP contribution in [0.2, 0.25) is 0 Å². The molecule has 0 saturated heterocycles. The molecule has 0 aliphatic heterocycles. The zero-order valence-electron chi connectivity index (χ0n) is 34.3. The second-order valence-electron chi connectivity index (χ2n) is 16.4. The number of Topliss-reactive ketones (excluding diaryl/α,β-unsaturated/α-hetero) is 2. The molecule has 4 atom stereocenters. The lowest BCUT2D eigenvalue weighted by molar-refractivity contribution is -0.153. The predicted octanol–water partition coefficient (Wildman–Crippen LogP) is 4.52. The van der Waals surface area contributed by atoms with Crippen LogP contribution >= 0.6 is 7.26 Å². The van der Waals surface area contributed by atoms with Gasteiger partial charge in [-0.25, -0.2) is 0 Å². The minimum atomic E-state index is -2.75. The van der Waals surface area contributed by atoms with Gasteiger partial charge in [0.1, 0.15) is 46.0 Å². The third-order valence-electron chi connectivity index (χ3n) is 12.4. The normalized spacial score (nSPS) is 21.3. The third kappa shape index (κ3) is 7.06. The van der Waals surface area contributed by atoms with E-state index in [0.717, 1.165) is 19.0 Å². The number of amides is 2. The summed E-state index contributed by atoms with van der Waals surface area (Å²) < 4.78 is 0. The minimum Gasteiger partial charge on any atom is -0.508 e. The number of phenols is 1. The summed E-state index contributed by atoms with van der Waals surface area (Å²) >= 11 is 0. The Kier molecular flexibility index (Phi) is 11.8. The van der Waals surface area contributed by atoms with Crippen molar-refractivity contribution in [2.24, 2.45) is 17.6 Å². The molecule has 0 radical (unpaired) electrons. The number of nitrogens with one attached hydrogen (secondary N) is 1. The maximum absolute atomic E-state index is 14.4. The van der Waals surface area contributed by atoms with Crippen molar-refractivity contribution >= 4 is 63.7 Å². The predicted molar refractivity (Wildman–Crippen MR) is 236 cm³/mol. The van der Waals surface area contributed by atoms with Crippen LogP contribution in [0.25, 0.3) is 5.76 Å². The number of anilines is 2. The van der Waals surface area contributed by atoms with E-state index in [4.69, 9.17) is 5.73 Å². The van der Waals surface area contributed by atoms with E-state index in [2.05, 4.69) is 78.1 Å². The highest BCUT2D eigenvalue weighted by Crippen LogP contribution is 2.57. The van der Waals surface area contributed by atoms with E-state index in [0.29, 0.717) is 17.7 Å². The fourth-order valence-corrected chi connectivity index (χ4v) is 14.1. The zero-order valence-corrected chi connectivity index (χ0v) is 35.2. The molecule has 12 nitrogen and oxygen atoms in total. The summed E-state index contributed by atoms with van der Waals surface area (Å²) in [6.45, 7) is 0. The SMILES string of the molecule is CN(C)c1cc(NC(=O)CCCCC[P+](c2ccccc2)(c2ccccc2)c2ccccc2)c(O)c2c1CC1CC3[C@H](N(C)C)C(=O)C(C(N)=O)=C(O)[C@@]3(O)C(=O)C1=C2O. The van der Waals surface area contributed by atoms with E-state index in [1.807, 2.05) is 18.2 Å². The molecular formula is C47H52N4O8P+. The van der Waals surface area contributed by atoms with Crippen LogP contribution in [0.4, 0.5) is 11.4 Å². The number of fused-ring (bicyclic) bond motifs is 3. The average Bonchev–Trinajstić information content (AvgIpc) is 3.22. The van der Waals surface area contributed by atoms with Crippen LogP contribution in [-0.2, 0) is 25.6 Å². The standard InChI is InChI=1S/C47H51N4O8P/c1-50(2)35-27-34(49-36(52)23-15-8-16-24-60(29-17-9-5-10-18-29,30-19-11-6-12-20-30)31-21-13-7-14-22-31)41(53)38-32(35)25-28-26-33-40(51(3)4)43(55)39(46(48)58)45(57)47(33,59)44(56)37(28)42(38)54/h5-7,9-14,17-22,27-28,33,40,59H,8,15-16,23-26H2,1-4H3,(H5-,48,49,52,53,54,55,56,57,58)/p+1/t28?,33?,40-,47-/m0/s1. The smallest absolute Gasteiger partial charge is 0.255 e. The van der Waals surface area contributed by atoms with Gasteiger partial charge in [-0.05, 0) is 100 Å². The largest absolute Gasteiger partial charge is 0.508 e. The second-order valence-corrected chi connectivity index (χ2v) is 20.0. The Morgan fingerprint density at radius 3 is 1.88 bits per heavy atom. The van der Waals surface area contributed by atoms with Crippen LogP contribution in [0.3, 0.4) is 0 Å². The lowest BCUT2D eigenvalue weighted by Crippen LogP contribution is -2.65. The maximum Gasteiger partial charge on any atom is 0.255 e. The number of likely N-dealkylation sites (N-methyl/N-ethyl adjacent to an activating group) is 1. The number of ketones is 2. The number of hydrogen-bond acceptors (Lipinski definition) is 10. The molecule has 4 aromatic carbocycles. The van der Waals surface area contributed by atoms with Crippen molar-refractivity contribution in [3.05, 3.63) is 125 Å². The highest BCUT2D eigenvalue weighted by Gasteiger charge is 2.64. The molecule has 2 amide bonds. The highest BCUT2D eigenvalue weighted by molar-refractivity contribution is 7.95. The van der Waals surface area contributed by atoms with Gasteiger partial charge in [-0.1, -0.05) is 54.6 Å². The number of primary amides is 1. The first-order valence-electron chi connectivity index (χ1n) is 20.2. The van der Waals surface area contributed by atoms with Gasteiger partial charge in [0.15, 0.2) is 11.4 Å². The van der Waals surface area contributed by atoms with Crippen molar-refractivity contribution in [3.63, 3.8) is 0 Å². The Balaban J connectivity index is 1.13. The zero-order chi connectivity index (χ0) is 43.1. The summed E-state index contributed by atoms with van der Waals surface area (Å²) in [6, 6.07) is 32.3. The van der Waals surface area contributed by atoms with Crippen molar-refractivity contribution in [1.29, 1.82) is 0 Å². The number of phenolic OH excluding ortho intramolecular Hbond substituents is 1. The third-order valence-corrected chi connectivity index (χ3v) is 17.0. The van der Waals surface area contributed by atoms with Crippen molar-refractivity contribution in [1.82, 2.24) is 4.90 Å². The van der Waals surface area contributed by atoms with Crippen molar-refractivity contribution in [3.8, 4) is 5.75 Å². The van der Waals surface area contributed by atoms with Gasteiger partial charge < -0.3 is 36.4 Å². The van der Waals surface area contributed by atoms with Crippen molar-refractivity contribution in [2.45, 2.75) is 50.2 Å². The summed E-state index contributed by atoms with van der Waals surface area (Å²) in [7, 11) is 4.65. The molecule has 2 unspecified atom stereocenters. The molecule has 60 heavy (non-hydrogen) atoms. The number of rotatable bonds is 13. The first-order valence-corrected chi connectivity index (χ1v) is 22.2. The number of nitrogens with zero attached hydrogens (tertiary/aromatic N) is 2. The summed E-state index contributed by atoms with van der Waals surface area (Å²) in [5, 5.41) is 53.5. The van der Waals surface area contributed by atoms with Gasteiger partial charge in [-0.15, -0.1) is 0 Å². The number of hydrogen-bond donors (Lipinski definition) is 6. The number of nitrogens with two attached hydrogens (primary N) is 1. The van der Waals surface area contributed by atoms with Crippen molar-refractivity contribution in [2.75, 3.05) is 44.6 Å². The highest BCUT2D eigenvalue weighted by atomic mass is 31.2. The minimum absolute atomic E-state index is 0.0248. The Hall–Kier alpha value is -5.81. The number of aliphatic hydroxyl groups is 3. The number of aliphatic hydroxyl groups excluding tert-OH is 2. The lowest BCUT2D eigenvalue weighted by atomic mass is 9.57. The van der Waals surface area contributed by atoms with E-state index in [1.165, 1.54) is 20.8 Å². The molecule has 0 aromatic heterocycles. The fraction of sp³-hybridized carbons (Fsp3) is 0.319. The van der Waals surface area contributed by atoms with Crippen LogP contribution < -0.4 is 31.9 Å². The number of carbonyl (C=O) groups is 4. The molecule has 13 heteroatoms. The first-order chi connectivity index (χ1) is 28.6. The van der Waals surface area contributed by atoms with Crippen LogP contribution in [0.15, 0.2) is 114 Å². The molecular weight excluding hydrogens is 780 g/mol. The molecule has 4 aromatic rings. The Morgan fingerprint density at radius 1 is 0.833 bits per heavy atom. The van der Waals surface area contributed by atoms with Gasteiger partial charge >= 0.3 is 0 Å². The number of carbonyl (C=O) groups excluding carboxylic acids is 4. The molecule has 3 aliphatic carbocycles. The van der Waals surface area contributed by atoms with Gasteiger partial charge in [0.05, 0.1) is 23.5 Å². The molecule has 7 rings (SSSR count). The van der Waals surface area contributed by atoms with Gasteiger partial charge in [0.25, 0.3) is 5.91 Å². The molecule has 1 fully saturated rings. The number of aromatic hydroxyl groups is 1. The molecule has 0 spiro atoms. The maximum atomic E-state index is 14.4. The molecule has 7 N–H and O–H groups in total. The molecule has 0 bridgehead atoms. The van der Waals surface area contributed by atoms with Gasteiger partial charge in [-0.3, -0.25) is 24.1 Å². The van der Waals surface area contributed by atoms with Gasteiger partial charge in [-0.2, -0.15) is 0 Å². The van der Waals surface area contributed by atoms with E-state index in [1.54, 1.807) is 39.2 Å². The van der Waals surface area contributed by atoms with Gasteiger partial charge in [0, 0.05) is 37.7 Å². The van der Waals surface area contributed by atoms with Crippen molar-refractivity contribution < 1.29 is 39.6 Å². The quantitative estimate of drug-likeness (QED) is 0.0483. The van der Waals surface area contributed by atoms with Crippen LogP contribution in [0.1, 0.15) is 43.2 Å². The second kappa shape index (κ2) is 16.7.